The van der Waals surface area contributed by atoms with Crippen LogP contribution in [0.25, 0.3) is 0 Å². The zero-order chi connectivity index (χ0) is 10.6. The molecule has 78 valence electrons. The number of phenols is 1. The first-order valence-corrected chi connectivity index (χ1v) is 6.79. The van der Waals surface area contributed by atoms with Crippen LogP contribution in [0, 0.1) is 0 Å². The minimum absolute atomic E-state index is 0.00132. The first-order valence-electron chi connectivity index (χ1n) is 3.90. The van der Waals surface area contributed by atoms with Gasteiger partial charge in [-0.3, -0.25) is 0 Å². The van der Waals surface area contributed by atoms with Gasteiger partial charge in [-0.15, -0.1) is 0 Å². The Bertz CT molecular complexity index is 355. The minimum Gasteiger partial charge on any atom is -0.504 e. The average Bonchev–Trinajstić information content (AvgIpc) is 2.08. The molecule has 1 unspecified atom stereocenters. The number of rotatable bonds is 4. The summed E-state index contributed by atoms with van der Waals surface area (Å²) in [4.78, 5) is 9.28. The second-order valence-electron chi connectivity index (χ2n) is 2.61. The number of phenolic OH excluding ortho intramolecular Hbond substituents is 1. The van der Waals surface area contributed by atoms with Crippen molar-refractivity contribution < 1.29 is 19.1 Å². The van der Waals surface area contributed by atoms with E-state index in [0.717, 1.165) is 0 Å². The summed E-state index contributed by atoms with van der Waals surface area (Å²) in [5.41, 5.74) is 0. The highest BCUT2D eigenvalue weighted by Crippen LogP contribution is 2.45. The summed E-state index contributed by atoms with van der Waals surface area (Å²) in [6.45, 7) is 0. The fourth-order valence-electron chi connectivity index (χ4n) is 0.840. The second-order valence-corrected chi connectivity index (χ2v) is 5.31. The van der Waals surface area contributed by atoms with Crippen LogP contribution < -0.4 is 4.52 Å². The molecule has 1 aromatic rings. The second kappa shape index (κ2) is 4.82. The Morgan fingerprint density at radius 2 is 2.07 bits per heavy atom. The van der Waals surface area contributed by atoms with Crippen LogP contribution in [-0.4, -0.2) is 21.5 Å². The van der Waals surface area contributed by atoms with Gasteiger partial charge >= 0.3 is 7.60 Å². The first-order chi connectivity index (χ1) is 6.55. The Kier molecular flexibility index (Phi) is 3.98. The molecule has 0 bridgehead atoms. The molecule has 0 saturated carbocycles. The van der Waals surface area contributed by atoms with E-state index in [1.54, 1.807) is 12.1 Å². The molecule has 0 fully saturated rings. The van der Waals surface area contributed by atoms with E-state index in [1.807, 2.05) is 0 Å². The van der Waals surface area contributed by atoms with Gasteiger partial charge in [-0.05, 0) is 12.1 Å². The van der Waals surface area contributed by atoms with Crippen molar-refractivity contribution in [3.8, 4) is 11.5 Å². The monoisotopic (exact) mass is 280 g/mol. The van der Waals surface area contributed by atoms with Gasteiger partial charge in [0.25, 0.3) is 0 Å². The summed E-state index contributed by atoms with van der Waals surface area (Å²) in [6, 6.07) is 6.05. The van der Waals surface area contributed by atoms with E-state index in [4.69, 9.17) is 4.52 Å². The Hall–Kier alpha value is -0.510. The molecule has 0 aliphatic rings. The van der Waals surface area contributed by atoms with Crippen LogP contribution in [0.2, 0.25) is 0 Å². The molecule has 2 N–H and O–H groups in total. The lowest BCUT2D eigenvalue weighted by atomic mass is 10.3. The third-order valence-electron chi connectivity index (χ3n) is 1.47. The predicted molar refractivity (Wildman–Crippen MR) is 57.2 cm³/mol. The Balaban J connectivity index is 2.78. The first kappa shape index (κ1) is 11.6. The van der Waals surface area contributed by atoms with Crippen LogP contribution in [0.1, 0.15) is 0 Å². The molecule has 0 aliphatic heterocycles. The Morgan fingerprint density at radius 3 is 2.64 bits per heavy atom. The molecule has 0 aliphatic carbocycles. The normalized spacial score (nSPS) is 14.7. The van der Waals surface area contributed by atoms with Crippen LogP contribution in [0.15, 0.2) is 24.3 Å². The largest absolute Gasteiger partial charge is 0.504 e. The smallest absolute Gasteiger partial charge is 0.377 e. The molecule has 0 saturated heterocycles. The molecule has 0 radical (unpaired) electrons. The zero-order valence-electron chi connectivity index (χ0n) is 7.26. The SMILES string of the molecule is O=P(O)(CCBr)Oc1ccccc1O. The van der Waals surface area contributed by atoms with Crippen molar-refractivity contribution in [2.45, 2.75) is 0 Å². The van der Waals surface area contributed by atoms with E-state index < -0.39 is 7.60 Å². The zero-order valence-corrected chi connectivity index (χ0v) is 9.74. The molecule has 0 amide bonds. The van der Waals surface area contributed by atoms with Gasteiger partial charge in [0.15, 0.2) is 11.5 Å². The summed E-state index contributed by atoms with van der Waals surface area (Å²) < 4.78 is 16.1. The molecule has 1 aromatic carbocycles. The quantitative estimate of drug-likeness (QED) is 0.656. The van der Waals surface area contributed by atoms with Crippen molar-refractivity contribution >= 4 is 23.5 Å². The maximum atomic E-state index is 11.3. The topological polar surface area (TPSA) is 66.8 Å². The number of halogens is 1. The van der Waals surface area contributed by atoms with Gasteiger partial charge in [0.05, 0.1) is 6.16 Å². The van der Waals surface area contributed by atoms with Gasteiger partial charge in [-0.25, -0.2) is 4.57 Å². The third kappa shape index (κ3) is 3.33. The molecule has 4 nitrogen and oxygen atoms in total. The Labute approximate surface area is 90.2 Å². The number of hydrogen-bond donors (Lipinski definition) is 2. The van der Waals surface area contributed by atoms with Gasteiger partial charge in [0, 0.05) is 5.33 Å². The van der Waals surface area contributed by atoms with E-state index in [9.17, 15) is 14.6 Å². The van der Waals surface area contributed by atoms with Crippen LogP contribution in [-0.2, 0) is 4.57 Å². The molecule has 0 aromatic heterocycles. The molecular weight excluding hydrogens is 271 g/mol. The van der Waals surface area contributed by atoms with Crippen molar-refractivity contribution in [1.82, 2.24) is 0 Å². The van der Waals surface area contributed by atoms with E-state index >= 15 is 0 Å². The summed E-state index contributed by atoms with van der Waals surface area (Å²) >= 11 is 3.04. The molecule has 0 spiro atoms. The van der Waals surface area contributed by atoms with Crippen LogP contribution in [0.5, 0.6) is 11.5 Å². The van der Waals surface area contributed by atoms with Crippen molar-refractivity contribution in [1.29, 1.82) is 0 Å². The number of aromatic hydroxyl groups is 1. The Morgan fingerprint density at radius 1 is 1.43 bits per heavy atom. The van der Waals surface area contributed by atoms with Gasteiger partial charge in [0.1, 0.15) is 0 Å². The van der Waals surface area contributed by atoms with Crippen LogP contribution in [0.4, 0.5) is 0 Å². The maximum absolute atomic E-state index is 11.3. The van der Waals surface area contributed by atoms with Crippen LogP contribution >= 0.6 is 23.5 Å². The lowest BCUT2D eigenvalue weighted by molar-refractivity contribution is 0.366. The van der Waals surface area contributed by atoms with Crippen molar-refractivity contribution in [2.75, 3.05) is 11.5 Å². The van der Waals surface area contributed by atoms with Crippen molar-refractivity contribution in [2.24, 2.45) is 0 Å². The molecule has 6 heteroatoms. The van der Waals surface area contributed by atoms with Crippen molar-refractivity contribution in [3.05, 3.63) is 24.3 Å². The highest BCUT2D eigenvalue weighted by Gasteiger charge is 2.20. The van der Waals surface area contributed by atoms with Gasteiger partial charge in [-0.1, -0.05) is 28.1 Å². The fourth-order valence-corrected chi connectivity index (χ4v) is 2.95. The highest BCUT2D eigenvalue weighted by molar-refractivity contribution is 9.09. The summed E-state index contributed by atoms with van der Waals surface area (Å²) in [5, 5.41) is 9.64. The number of para-hydroxylation sites is 2. The maximum Gasteiger partial charge on any atom is 0.377 e. The molecular formula is C8H10BrO4P. The van der Waals surface area contributed by atoms with Crippen molar-refractivity contribution in [3.63, 3.8) is 0 Å². The predicted octanol–water partition coefficient (Wildman–Crippen LogP) is 2.35. The fraction of sp³-hybridized carbons (Fsp3) is 0.250. The van der Waals surface area contributed by atoms with E-state index in [1.165, 1.54) is 12.1 Å². The summed E-state index contributed by atoms with van der Waals surface area (Å²) in [7, 11) is -3.65. The average molecular weight is 281 g/mol. The molecule has 0 heterocycles. The summed E-state index contributed by atoms with van der Waals surface area (Å²) in [5.74, 6) is -0.115. The van der Waals surface area contributed by atoms with Crippen LogP contribution in [0.3, 0.4) is 0 Å². The highest BCUT2D eigenvalue weighted by atomic mass is 79.9. The minimum atomic E-state index is -3.65. The van der Waals surface area contributed by atoms with Gasteiger partial charge in [-0.2, -0.15) is 0 Å². The van der Waals surface area contributed by atoms with E-state index in [0.29, 0.717) is 5.33 Å². The number of benzene rings is 1. The third-order valence-corrected chi connectivity index (χ3v) is 3.75. The van der Waals surface area contributed by atoms with Gasteiger partial charge < -0.3 is 14.5 Å². The lowest BCUT2D eigenvalue weighted by Gasteiger charge is -2.12. The lowest BCUT2D eigenvalue weighted by Crippen LogP contribution is -1.98. The number of hydrogen-bond acceptors (Lipinski definition) is 3. The van der Waals surface area contributed by atoms with Gasteiger partial charge in [0.2, 0.25) is 0 Å². The molecule has 1 rings (SSSR count). The molecule has 14 heavy (non-hydrogen) atoms. The van der Waals surface area contributed by atoms with E-state index in [2.05, 4.69) is 15.9 Å². The summed E-state index contributed by atoms with van der Waals surface area (Å²) in [6.07, 6.45) is 0.00132. The standard InChI is InChI=1S/C8H10BrO4P/c9-5-6-14(11,12)13-8-4-2-1-3-7(8)10/h1-4,10H,5-6H2,(H,11,12). The number of alkyl halides is 1. The molecule has 1 atom stereocenters. The van der Waals surface area contributed by atoms with E-state index in [-0.39, 0.29) is 17.7 Å².